The SMILES string of the molecule is CCc1cc(=O)oc2c(CNCc3ccc(C(=O)OC)cc3)c(O)c(Cl)cc12. The standard InChI is InChI=1S/C21H20ClNO5/c1-3-13-8-18(24)28-20-15(13)9-17(22)19(25)16(20)11-23-10-12-4-6-14(7-5-12)21(26)27-2/h4-9,23,25H,3,10-11H2,1-2H3. The zero-order valence-corrected chi connectivity index (χ0v) is 16.3. The maximum atomic E-state index is 11.9. The minimum atomic E-state index is -0.467. The predicted molar refractivity (Wildman–Crippen MR) is 107 cm³/mol. The van der Waals surface area contributed by atoms with Gasteiger partial charge in [0.2, 0.25) is 0 Å². The van der Waals surface area contributed by atoms with Gasteiger partial charge in [0, 0.05) is 24.5 Å². The number of aryl methyl sites for hydroxylation is 1. The van der Waals surface area contributed by atoms with Crippen LogP contribution in [0.3, 0.4) is 0 Å². The second kappa shape index (κ2) is 8.46. The minimum absolute atomic E-state index is 0.112. The van der Waals surface area contributed by atoms with Crippen LogP contribution < -0.4 is 10.9 Å². The van der Waals surface area contributed by atoms with E-state index in [9.17, 15) is 14.7 Å². The fraction of sp³-hybridized carbons (Fsp3) is 0.238. The molecule has 3 rings (SSSR count). The number of benzene rings is 2. The molecule has 0 aliphatic rings. The molecule has 0 saturated heterocycles. The Morgan fingerprint density at radius 1 is 1.21 bits per heavy atom. The fourth-order valence-corrected chi connectivity index (χ4v) is 3.27. The third-order valence-electron chi connectivity index (χ3n) is 4.53. The third-order valence-corrected chi connectivity index (χ3v) is 4.82. The number of methoxy groups -OCH3 is 1. The molecule has 0 amide bonds. The van der Waals surface area contributed by atoms with Crippen molar-refractivity contribution in [3.8, 4) is 5.75 Å². The maximum absolute atomic E-state index is 11.9. The summed E-state index contributed by atoms with van der Waals surface area (Å²) in [6, 6.07) is 10.0. The highest BCUT2D eigenvalue weighted by molar-refractivity contribution is 6.33. The van der Waals surface area contributed by atoms with Crippen LogP contribution >= 0.6 is 11.6 Å². The van der Waals surface area contributed by atoms with E-state index < -0.39 is 11.6 Å². The van der Waals surface area contributed by atoms with Crippen molar-refractivity contribution < 1.29 is 19.1 Å². The molecule has 146 valence electrons. The van der Waals surface area contributed by atoms with Crippen molar-refractivity contribution >= 4 is 28.5 Å². The molecule has 0 unspecified atom stereocenters. The Balaban J connectivity index is 1.84. The van der Waals surface area contributed by atoms with Gasteiger partial charge in [-0.1, -0.05) is 30.7 Å². The van der Waals surface area contributed by atoms with Crippen molar-refractivity contribution in [2.45, 2.75) is 26.4 Å². The number of rotatable bonds is 6. The summed E-state index contributed by atoms with van der Waals surface area (Å²) < 4.78 is 10.0. The van der Waals surface area contributed by atoms with Gasteiger partial charge < -0.3 is 19.6 Å². The molecule has 1 aromatic heterocycles. The third kappa shape index (κ3) is 4.03. The second-order valence-corrected chi connectivity index (χ2v) is 6.71. The average molecular weight is 402 g/mol. The quantitative estimate of drug-likeness (QED) is 0.482. The molecular weight excluding hydrogens is 382 g/mol. The highest BCUT2D eigenvalue weighted by atomic mass is 35.5. The van der Waals surface area contributed by atoms with Crippen molar-refractivity contribution in [3.63, 3.8) is 0 Å². The van der Waals surface area contributed by atoms with E-state index in [0.717, 1.165) is 11.1 Å². The van der Waals surface area contributed by atoms with Crippen LogP contribution in [0.5, 0.6) is 5.75 Å². The van der Waals surface area contributed by atoms with Crippen molar-refractivity contribution in [3.05, 3.63) is 74.1 Å². The minimum Gasteiger partial charge on any atom is -0.506 e. The van der Waals surface area contributed by atoms with Gasteiger partial charge in [0.25, 0.3) is 0 Å². The topological polar surface area (TPSA) is 88.8 Å². The van der Waals surface area contributed by atoms with Gasteiger partial charge in [0.15, 0.2) is 0 Å². The number of hydrogen-bond donors (Lipinski definition) is 2. The lowest BCUT2D eigenvalue weighted by Gasteiger charge is -2.12. The molecule has 28 heavy (non-hydrogen) atoms. The Labute approximate surface area is 166 Å². The molecule has 0 radical (unpaired) electrons. The van der Waals surface area contributed by atoms with E-state index in [-0.39, 0.29) is 17.3 Å². The molecule has 0 saturated carbocycles. The molecule has 6 nitrogen and oxygen atoms in total. The van der Waals surface area contributed by atoms with E-state index in [4.69, 9.17) is 16.0 Å². The normalized spacial score (nSPS) is 11.0. The van der Waals surface area contributed by atoms with Gasteiger partial charge >= 0.3 is 11.6 Å². The van der Waals surface area contributed by atoms with Gasteiger partial charge in [-0.25, -0.2) is 9.59 Å². The zero-order chi connectivity index (χ0) is 20.3. The van der Waals surface area contributed by atoms with Gasteiger partial charge in [0.05, 0.1) is 23.3 Å². The Morgan fingerprint density at radius 3 is 2.57 bits per heavy atom. The number of phenols is 1. The number of hydrogen-bond acceptors (Lipinski definition) is 6. The molecule has 0 spiro atoms. The first-order valence-electron chi connectivity index (χ1n) is 8.79. The lowest BCUT2D eigenvalue weighted by molar-refractivity contribution is 0.0600. The van der Waals surface area contributed by atoms with Crippen LogP contribution in [0.15, 0.2) is 45.6 Å². The first kappa shape index (κ1) is 19.9. The number of ether oxygens (including phenoxy) is 1. The summed E-state index contributed by atoms with van der Waals surface area (Å²) in [5, 5.41) is 14.5. The number of carbonyl (C=O) groups is 1. The Morgan fingerprint density at radius 2 is 1.93 bits per heavy atom. The van der Waals surface area contributed by atoms with Crippen LogP contribution in [0.25, 0.3) is 11.0 Å². The summed E-state index contributed by atoms with van der Waals surface area (Å²) in [4.78, 5) is 23.4. The molecule has 3 aromatic rings. The molecule has 0 fully saturated rings. The first-order chi connectivity index (χ1) is 13.4. The molecule has 2 aromatic carbocycles. The first-order valence-corrected chi connectivity index (χ1v) is 9.17. The molecular formula is C21H20ClNO5. The average Bonchev–Trinajstić information content (AvgIpc) is 2.70. The number of carbonyl (C=O) groups excluding carboxylic acids is 1. The van der Waals surface area contributed by atoms with Gasteiger partial charge in [-0.2, -0.15) is 0 Å². The van der Waals surface area contributed by atoms with Gasteiger partial charge in [-0.3, -0.25) is 0 Å². The van der Waals surface area contributed by atoms with E-state index in [1.807, 2.05) is 19.1 Å². The van der Waals surface area contributed by atoms with Crippen LogP contribution in [-0.4, -0.2) is 18.2 Å². The zero-order valence-electron chi connectivity index (χ0n) is 15.5. The molecule has 0 aliphatic heterocycles. The number of fused-ring (bicyclic) bond motifs is 1. The van der Waals surface area contributed by atoms with E-state index in [0.29, 0.717) is 35.1 Å². The monoisotopic (exact) mass is 401 g/mol. The van der Waals surface area contributed by atoms with Crippen molar-refractivity contribution in [2.24, 2.45) is 0 Å². The van der Waals surface area contributed by atoms with Crippen LogP contribution in [-0.2, 0) is 24.2 Å². The second-order valence-electron chi connectivity index (χ2n) is 6.30. The summed E-state index contributed by atoms with van der Waals surface area (Å²) in [6.07, 6.45) is 0.641. The molecule has 1 heterocycles. The summed E-state index contributed by atoms with van der Waals surface area (Å²) in [5.41, 5.74) is 2.52. The predicted octanol–water partition coefficient (Wildman–Crippen LogP) is 3.79. The number of phenolic OH excluding ortho intramolecular Hbond substituents is 1. The van der Waals surface area contributed by atoms with Crippen LogP contribution in [0.2, 0.25) is 5.02 Å². The van der Waals surface area contributed by atoms with Gasteiger partial charge in [-0.15, -0.1) is 0 Å². The Hall–Kier alpha value is -2.83. The summed E-state index contributed by atoms with van der Waals surface area (Å²) >= 11 is 6.18. The van der Waals surface area contributed by atoms with Crippen molar-refractivity contribution in [1.29, 1.82) is 0 Å². The van der Waals surface area contributed by atoms with E-state index in [1.165, 1.54) is 13.2 Å². The smallest absolute Gasteiger partial charge is 0.337 e. The highest BCUT2D eigenvalue weighted by Gasteiger charge is 2.16. The molecule has 0 aliphatic carbocycles. The summed E-state index contributed by atoms with van der Waals surface area (Å²) in [5.74, 6) is -0.504. The van der Waals surface area contributed by atoms with E-state index in [1.54, 1.807) is 18.2 Å². The Kier molecular flexibility index (Phi) is 6.02. The highest BCUT2D eigenvalue weighted by Crippen LogP contribution is 2.35. The number of aromatic hydroxyl groups is 1. The fourth-order valence-electron chi connectivity index (χ4n) is 3.04. The molecule has 0 bridgehead atoms. The van der Waals surface area contributed by atoms with E-state index >= 15 is 0 Å². The van der Waals surface area contributed by atoms with Crippen molar-refractivity contribution in [2.75, 3.05) is 7.11 Å². The summed E-state index contributed by atoms with van der Waals surface area (Å²) in [6.45, 7) is 2.66. The van der Waals surface area contributed by atoms with Gasteiger partial charge in [-0.05, 0) is 35.7 Å². The molecule has 2 N–H and O–H groups in total. The van der Waals surface area contributed by atoms with E-state index in [2.05, 4.69) is 10.1 Å². The van der Waals surface area contributed by atoms with Gasteiger partial charge in [0.1, 0.15) is 11.3 Å². The molecule has 0 atom stereocenters. The van der Waals surface area contributed by atoms with Crippen LogP contribution in [0.1, 0.15) is 34.0 Å². The maximum Gasteiger partial charge on any atom is 0.337 e. The Bertz CT molecular complexity index is 1070. The molecule has 7 heteroatoms. The van der Waals surface area contributed by atoms with Crippen LogP contribution in [0, 0.1) is 0 Å². The lowest BCUT2D eigenvalue weighted by atomic mass is 10.0. The van der Waals surface area contributed by atoms with Crippen LogP contribution in [0.4, 0.5) is 0 Å². The number of halogens is 1. The number of esters is 1. The lowest BCUT2D eigenvalue weighted by Crippen LogP contribution is -2.14. The number of nitrogens with one attached hydrogen (secondary N) is 1. The summed E-state index contributed by atoms with van der Waals surface area (Å²) in [7, 11) is 1.34. The van der Waals surface area contributed by atoms with Crippen molar-refractivity contribution in [1.82, 2.24) is 5.32 Å². The largest absolute Gasteiger partial charge is 0.506 e.